The monoisotopic (exact) mass is 360 g/mol. The van der Waals surface area contributed by atoms with E-state index in [9.17, 15) is 0 Å². The van der Waals surface area contributed by atoms with Crippen molar-refractivity contribution in [1.82, 2.24) is 19.9 Å². The van der Waals surface area contributed by atoms with Crippen molar-refractivity contribution in [2.24, 2.45) is 0 Å². The van der Waals surface area contributed by atoms with Crippen molar-refractivity contribution in [3.05, 3.63) is 11.7 Å². The van der Waals surface area contributed by atoms with Gasteiger partial charge in [0.1, 0.15) is 0 Å². The first-order valence-electron chi connectivity index (χ1n) is 8.58. The average molecular weight is 361 g/mol. The summed E-state index contributed by atoms with van der Waals surface area (Å²) in [6.07, 6.45) is 4.73. The first kappa shape index (κ1) is 19.6. The van der Waals surface area contributed by atoms with Crippen LogP contribution in [0.2, 0.25) is 0 Å². The molecule has 0 aromatic carbocycles. The van der Waals surface area contributed by atoms with Gasteiger partial charge in [-0.2, -0.15) is 4.98 Å². The van der Waals surface area contributed by atoms with E-state index in [1.165, 1.54) is 25.9 Å². The lowest BCUT2D eigenvalue weighted by molar-refractivity contribution is 0.105. The van der Waals surface area contributed by atoms with Gasteiger partial charge in [-0.1, -0.05) is 5.16 Å². The first-order valence-corrected chi connectivity index (χ1v) is 8.58. The van der Waals surface area contributed by atoms with Gasteiger partial charge in [-0.3, -0.25) is 4.90 Å². The van der Waals surface area contributed by atoms with E-state index in [0.717, 1.165) is 25.3 Å². The Bertz CT molecular complexity index is 482. The molecule has 2 atom stereocenters. The fourth-order valence-electron chi connectivity index (χ4n) is 3.58. The van der Waals surface area contributed by atoms with Crippen molar-refractivity contribution < 1.29 is 14.0 Å². The molecule has 1 aromatic heterocycles. The van der Waals surface area contributed by atoms with E-state index in [1.807, 2.05) is 0 Å². The lowest BCUT2D eigenvalue weighted by Crippen LogP contribution is -2.39. The molecule has 2 fully saturated rings. The first-order chi connectivity index (χ1) is 11.3. The maximum absolute atomic E-state index is 5.59. The summed E-state index contributed by atoms with van der Waals surface area (Å²) in [4.78, 5) is 9.47. The third-order valence-corrected chi connectivity index (χ3v) is 4.87. The number of halogens is 1. The Hall–Kier alpha value is -0.730. The second kappa shape index (κ2) is 9.68. The fraction of sp³-hybridized carbons (Fsp3) is 0.875. The minimum atomic E-state index is 0. The van der Waals surface area contributed by atoms with Gasteiger partial charge in [-0.15, -0.1) is 12.4 Å². The summed E-state index contributed by atoms with van der Waals surface area (Å²) in [6.45, 7) is 5.83. The smallest absolute Gasteiger partial charge is 0.240 e. The van der Waals surface area contributed by atoms with Crippen LogP contribution in [0, 0.1) is 0 Å². The molecule has 8 heteroatoms. The zero-order chi connectivity index (χ0) is 16.1. The molecule has 0 N–H and O–H groups in total. The minimum Gasteiger partial charge on any atom is -0.384 e. The second-order valence-corrected chi connectivity index (χ2v) is 6.53. The van der Waals surface area contributed by atoms with Crippen molar-refractivity contribution in [2.75, 3.05) is 47.0 Å². The number of ether oxygens (including phenoxy) is 2. The van der Waals surface area contributed by atoms with Crippen LogP contribution in [0.15, 0.2) is 4.52 Å². The molecular formula is C16H29ClN4O3. The predicted octanol–water partition coefficient (Wildman–Crippen LogP) is 1.37. The van der Waals surface area contributed by atoms with Crippen molar-refractivity contribution in [3.8, 4) is 0 Å². The standard InChI is InChI=1S/C16H28N4O3.ClH/c1-21-8-5-15-17-16(23-18-15)12-20-11-14(22-2)9-13(20)10-19-6-3-4-7-19;/h13-14H,3-12H2,1-2H3;1H/t13-,14-;/m0./s1. The SMILES string of the molecule is COCCc1noc(CN2C[C@@H](OC)C[C@H]2CN2CCCC2)n1.Cl. The second-order valence-electron chi connectivity index (χ2n) is 6.53. The number of nitrogens with zero attached hydrogens (tertiary/aromatic N) is 4. The van der Waals surface area contributed by atoms with Gasteiger partial charge < -0.3 is 18.9 Å². The molecule has 0 spiro atoms. The lowest BCUT2D eigenvalue weighted by Gasteiger charge is -2.26. The Kier molecular flexibility index (Phi) is 7.90. The van der Waals surface area contributed by atoms with Crippen LogP contribution in [0.25, 0.3) is 0 Å². The van der Waals surface area contributed by atoms with E-state index in [0.29, 0.717) is 37.6 Å². The molecule has 2 aliphatic heterocycles. The Morgan fingerprint density at radius 2 is 2.04 bits per heavy atom. The number of likely N-dealkylation sites (tertiary alicyclic amines) is 2. The number of methoxy groups -OCH3 is 2. The van der Waals surface area contributed by atoms with E-state index in [1.54, 1.807) is 14.2 Å². The summed E-state index contributed by atoms with van der Waals surface area (Å²) >= 11 is 0. The maximum Gasteiger partial charge on any atom is 0.240 e. The third-order valence-electron chi connectivity index (χ3n) is 4.87. The van der Waals surface area contributed by atoms with Gasteiger partial charge in [-0.05, 0) is 32.4 Å². The Morgan fingerprint density at radius 3 is 2.75 bits per heavy atom. The van der Waals surface area contributed by atoms with Crippen LogP contribution in [0.4, 0.5) is 0 Å². The largest absolute Gasteiger partial charge is 0.384 e. The third kappa shape index (κ3) is 5.13. The summed E-state index contributed by atoms with van der Waals surface area (Å²) in [7, 11) is 3.48. The van der Waals surface area contributed by atoms with Crippen LogP contribution in [-0.4, -0.2) is 79.1 Å². The zero-order valence-corrected chi connectivity index (χ0v) is 15.5. The van der Waals surface area contributed by atoms with Gasteiger partial charge in [0, 0.05) is 39.8 Å². The predicted molar refractivity (Wildman–Crippen MR) is 92.4 cm³/mol. The van der Waals surface area contributed by atoms with Gasteiger partial charge in [-0.25, -0.2) is 0 Å². The van der Waals surface area contributed by atoms with Gasteiger partial charge in [0.05, 0.1) is 19.3 Å². The zero-order valence-electron chi connectivity index (χ0n) is 14.6. The van der Waals surface area contributed by atoms with Crippen LogP contribution >= 0.6 is 12.4 Å². The van der Waals surface area contributed by atoms with Gasteiger partial charge in [0.25, 0.3) is 0 Å². The molecule has 0 saturated carbocycles. The molecule has 0 amide bonds. The van der Waals surface area contributed by atoms with Crippen LogP contribution in [0.3, 0.4) is 0 Å². The molecule has 1 aromatic rings. The summed E-state index contributed by atoms with van der Waals surface area (Å²) < 4.78 is 16.0. The summed E-state index contributed by atoms with van der Waals surface area (Å²) in [5.74, 6) is 1.42. The molecule has 24 heavy (non-hydrogen) atoms. The molecule has 0 radical (unpaired) electrons. The van der Waals surface area contributed by atoms with Crippen LogP contribution < -0.4 is 0 Å². The summed E-state index contributed by atoms with van der Waals surface area (Å²) in [5, 5.41) is 4.03. The van der Waals surface area contributed by atoms with E-state index in [4.69, 9.17) is 14.0 Å². The molecule has 3 heterocycles. The van der Waals surface area contributed by atoms with E-state index >= 15 is 0 Å². The Labute approximate surface area is 150 Å². The van der Waals surface area contributed by atoms with Gasteiger partial charge >= 0.3 is 0 Å². The summed E-state index contributed by atoms with van der Waals surface area (Å²) in [6, 6.07) is 0.507. The van der Waals surface area contributed by atoms with Gasteiger partial charge in [0.2, 0.25) is 5.89 Å². The highest BCUT2D eigenvalue weighted by molar-refractivity contribution is 5.85. The fourth-order valence-corrected chi connectivity index (χ4v) is 3.58. The van der Waals surface area contributed by atoms with Crippen LogP contribution in [0.1, 0.15) is 31.0 Å². The molecular weight excluding hydrogens is 332 g/mol. The van der Waals surface area contributed by atoms with Crippen molar-refractivity contribution in [3.63, 3.8) is 0 Å². The van der Waals surface area contributed by atoms with Crippen molar-refractivity contribution >= 4 is 12.4 Å². The quantitative estimate of drug-likeness (QED) is 0.693. The van der Waals surface area contributed by atoms with E-state index in [-0.39, 0.29) is 12.4 Å². The van der Waals surface area contributed by atoms with Crippen molar-refractivity contribution in [2.45, 2.75) is 44.4 Å². The topological polar surface area (TPSA) is 63.9 Å². The molecule has 3 rings (SSSR count). The highest BCUT2D eigenvalue weighted by atomic mass is 35.5. The molecule has 0 bridgehead atoms. The highest BCUT2D eigenvalue weighted by Crippen LogP contribution is 2.24. The summed E-state index contributed by atoms with van der Waals surface area (Å²) in [5.41, 5.74) is 0. The molecule has 2 aliphatic rings. The number of hydrogen-bond donors (Lipinski definition) is 0. The van der Waals surface area contributed by atoms with Gasteiger partial charge in [0.15, 0.2) is 5.82 Å². The minimum absolute atomic E-state index is 0. The van der Waals surface area contributed by atoms with Crippen molar-refractivity contribution in [1.29, 1.82) is 0 Å². The molecule has 0 aliphatic carbocycles. The maximum atomic E-state index is 5.59. The lowest BCUT2D eigenvalue weighted by atomic mass is 10.2. The normalized spacial score (nSPS) is 25.2. The highest BCUT2D eigenvalue weighted by Gasteiger charge is 2.34. The van der Waals surface area contributed by atoms with Crippen LogP contribution in [0.5, 0.6) is 0 Å². The number of rotatable bonds is 8. The van der Waals surface area contributed by atoms with E-state index < -0.39 is 0 Å². The molecule has 2 saturated heterocycles. The van der Waals surface area contributed by atoms with E-state index in [2.05, 4.69) is 19.9 Å². The molecule has 138 valence electrons. The Morgan fingerprint density at radius 1 is 1.25 bits per heavy atom. The molecule has 0 unspecified atom stereocenters. The Balaban J connectivity index is 0.00000208. The number of hydrogen-bond acceptors (Lipinski definition) is 7. The van der Waals surface area contributed by atoms with Crippen LogP contribution in [-0.2, 0) is 22.4 Å². The number of aromatic nitrogens is 2. The average Bonchev–Trinajstić information content (AvgIpc) is 3.28. The molecule has 7 nitrogen and oxygen atoms in total.